The summed E-state index contributed by atoms with van der Waals surface area (Å²) in [6.45, 7) is 1.91. The van der Waals surface area contributed by atoms with E-state index in [1.807, 2.05) is 13.0 Å². The van der Waals surface area contributed by atoms with E-state index in [0.717, 1.165) is 10.9 Å². The molecule has 2 nitrogen and oxygen atoms in total. The third kappa shape index (κ3) is 7.54. The lowest BCUT2D eigenvalue weighted by Gasteiger charge is -2.12. The normalized spacial score (nSPS) is 12.5. The highest BCUT2D eigenvalue weighted by atomic mass is 79.9. The molecule has 0 aromatic heterocycles. The molecule has 0 saturated heterocycles. The maximum atomic E-state index is 12.7. The molecule has 0 N–H and O–H groups in total. The summed E-state index contributed by atoms with van der Waals surface area (Å²) in [5, 5.41) is 9.15. The molecule has 0 heterocycles. The molecule has 0 bridgehead atoms. The summed E-state index contributed by atoms with van der Waals surface area (Å²) in [4.78, 5) is 12.1. The summed E-state index contributed by atoms with van der Waals surface area (Å²) in [5.41, 5.74) is -3.89. The summed E-state index contributed by atoms with van der Waals surface area (Å²) in [5.74, 6) is -0.240. The number of benzene rings is 1. The van der Waals surface area contributed by atoms with Crippen LogP contribution in [0.15, 0.2) is 39.2 Å². The van der Waals surface area contributed by atoms with Gasteiger partial charge >= 0.3 is 5.51 Å². The van der Waals surface area contributed by atoms with Crippen molar-refractivity contribution in [1.29, 1.82) is 5.26 Å². The number of unbranched alkanes of at least 4 members (excludes halogenated alkanes) is 1. The van der Waals surface area contributed by atoms with Gasteiger partial charge in [0, 0.05) is 26.9 Å². The van der Waals surface area contributed by atoms with Gasteiger partial charge in [-0.25, -0.2) is 0 Å². The standard InChI is InChI=1S/C17H17BrF3NOS/c1-2-3-4-13(11-22)16(24-17(19,20)21)10-9-15(23)12-5-7-14(18)8-6-12/h5-8H,2-4,9-10H2,1H3/b16-13+. The van der Waals surface area contributed by atoms with Crippen LogP contribution in [-0.2, 0) is 0 Å². The van der Waals surface area contributed by atoms with Gasteiger partial charge in [0.25, 0.3) is 0 Å². The third-order valence-corrected chi connectivity index (χ3v) is 4.69. The summed E-state index contributed by atoms with van der Waals surface area (Å²) < 4.78 is 39.1. The molecule has 0 atom stereocenters. The number of nitriles is 1. The fourth-order valence-corrected chi connectivity index (χ4v) is 3.04. The molecule has 1 rings (SSSR count). The van der Waals surface area contributed by atoms with E-state index in [1.54, 1.807) is 24.3 Å². The molecule has 0 spiro atoms. The largest absolute Gasteiger partial charge is 0.446 e. The van der Waals surface area contributed by atoms with Crippen molar-refractivity contribution in [3.63, 3.8) is 0 Å². The van der Waals surface area contributed by atoms with Gasteiger partial charge in [-0.2, -0.15) is 18.4 Å². The Balaban J connectivity index is 2.88. The Morgan fingerprint density at radius 2 is 1.83 bits per heavy atom. The van der Waals surface area contributed by atoms with Crippen molar-refractivity contribution >= 4 is 33.5 Å². The molecule has 1 aromatic carbocycles. The van der Waals surface area contributed by atoms with Crippen LogP contribution in [0.2, 0.25) is 0 Å². The quantitative estimate of drug-likeness (QED) is 0.350. The molecular formula is C17H17BrF3NOS. The highest BCUT2D eigenvalue weighted by Gasteiger charge is 2.31. The molecule has 0 fully saturated rings. The molecule has 1 aromatic rings. The number of rotatable bonds is 8. The van der Waals surface area contributed by atoms with E-state index in [4.69, 9.17) is 5.26 Å². The van der Waals surface area contributed by atoms with E-state index < -0.39 is 5.51 Å². The van der Waals surface area contributed by atoms with Crippen LogP contribution in [0, 0.1) is 11.3 Å². The van der Waals surface area contributed by atoms with Crippen molar-refractivity contribution in [3.8, 4) is 6.07 Å². The second-order valence-electron chi connectivity index (χ2n) is 5.09. The molecular weight excluding hydrogens is 403 g/mol. The maximum Gasteiger partial charge on any atom is 0.446 e. The summed E-state index contributed by atoms with van der Waals surface area (Å²) >= 11 is 2.98. The Morgan fingerprint density at radius 3 is 2.33 bits per heavy atom. The Bertz CT molecular complexity index is 633. The number of thioether (sulfide) groups is 1. The maximum absolute atomic E-state index is 12.7. The van der Waals surface area contributed by atoms with Crippen LogP contribution in [0.25, 0.3) is 0 Å². The van der Waals surface area contributed by atoms with Crippen molar-refractivity contribution < 1.29 is 18.0 Å². The minimum Gasteiger partial charge on any atom is -0.294 e. The van der Waals surface area contributed by atoms with E-state index in [0.29, 0.717) is 18.4 Å². The van der Waals surface area contributed by atoms with E-state index >= 15 is 0 Å². The topological polar surface area (TPSA) is 40.9 Å². The average molecular weight is 420 g/mol. The van der Waals surface area contributed by atoms with E-state index in [2.05, 4.69) is 15.9 Å². The van der Waals surface area contributed by atoms with Crippen LogP contribution in [0.3, 0.4) is 0 Å². The lowest BCUT2D eigenvalue weighted by molar-refractivity contribution is -0.0322. The number of Topliss-reactive ketones (excluding diaryl/α,β-unsaturated/α-hetero) is 1. The van der Waals surface area contributed by atoms with Crippen molar-refractivity contribution in [2.75, 3.05) is 0 Å². The van der Waals surface area contributed by atoms with Gasteiger partial charge < -0.3 is 0 Å². The van der Waals surface area contributed by atoms with Gasteiger partial charge in [0.2, 0.25) is 0 Å². The second-order valence-corrected chi connectivity index (χ2v) is 7.17. The average Bonchev–Trinajstić information content (AvgIpc) is 2.52. The number of alkyl halides is 3. The van der Waals surface area contributed by atoms with Crippen LogP contribution < -0.4 is 0 Å². The molecule has 0 aliphatic carbocycles. The van der Waals surface area contributed by atoms with Crippen molar-refractivity contribution in [2.24, 2.45) is 0 Å². The zero-order valence-corrected chi connectivity index (χ0v) is 15.5. The Labute approximate surface area is 152 Å². The van der Waals surface area contributed by atoms with Gasteiger partial charge in [-0.1, -0.05) is 41.4 Å². The lowest BCUT2D eigenvalue weighted by atomic mass is 10.0. The van der Waals surface area contributed by atoms with E-state index in [-0.39, 0.29) is 40.9 Å². The van der Waals surface area contributed by atoms with Gasteiger partial charge in [-0.15, -0.1) is 0 Å². The van der Waals surface area contributed by atoms with Gasteiger partial charge in [-0.3, -0.25) is 4.79 Å². The first-order valence-corrected chi connectivity index (χ1v) is 9.04. The van der Waals surface area contributed by atoms with Crippen molar-refractivity contribution in [3.05, 3.63) is 44.8 Å². The predicted molar refractivity (Wildman–Crippen MR) is 93.5 cm³/mol. The molecule has 0 saturated carbocycles. The molecule has 7 heteroatoms. The number of carbonyl (C=O) groups excluding carboxylic acids is 1. The zero-order chi connectivity index (χ0) is 18.2. The number of halogens is 4. The van der Waals surface area contributed by atoms with Crippen LogP contribution in [0.1, 0.15) is 49.4 Å². The molecule has 0 aliphatic heterocycles. The predicted octanol–water partition coefficient (Wildman–Crippen LogP) is 6.63. The number of nitrogens with zero attached hydrogens (tertiary/aromatic N) is 1. The molecule has 0 amide bonds. The Morgan fingerprint density at radius 1 is 1.21 bits per heavy atom. The van der Waals surface area contributed by atoms with Gasteiger partial charge in [0.1, 0.15) is 0 Å². The lowest BCUT2D eigenvalue weighted by Crippen LogP contribution is -2.05. The van der Waals surface area contributed by atoms with Crippen molar-refractivity contribution in [2.45, 2.75) is 44.5 Å². The summed E-state index contributed by atoms with van der Waals surface area (Å²) in [6, 6.07) is 8.52. The highest BCUT2D eigenvalue weighted by molar-refractivity contribution is 9.10. The molecule has 0 unspecified atom stereocenters. The molecule has 130 valence electrons. The van der Waals surface area contributed by atoms with Crippen molar-refractivity contribution in [1.82, 2.24) is 0 Å². The number of ketones is 1. The SMILES string of the molecule is CCCC/C(C#N)=C(/CCC(=O)c1ccc(Br)cc1)SC(F)(F)F. The number of hydrogen-bond donors (Lipinski definition) is 0. The van der Waals surface area contributed by atoms with E-state index in [1.165, 1.54) is 0 Å². The smallest absolute Gasteiger partial charge is 0.294 e. The first-order chi connectivity index (χ1) is 11.3. The van der Waals surface area contributed by atoms with Gasteiger partial charge in [0.05, 0.1) is 6.07 Å². The van der Waals surface area contributed by atoms with Crippen LogP contribution in [0.4, 0.5) is 13.2 Å². The highest BCUT2D eigenvalue weighted by Crippen LogP contribution is 2.40. The number of allylic oxidation sites excluding steroid dienone is 2. The van der Waals surface area contributed by atoms with Gasteiger partial charge in [-0.05, 0) is 43.2 Å². The fraction of sp³-hybridized carbons (Fsp3) is 0.412. The second kappa shape index (κ2) is 9.90. The molecule has 0 radical (unpaired) electrons. The van der Waals surface area contributed by atoms with Crippen LogP contribution in [0.5, 0.6) is 0 Å². The zero-order valence-electron chi connectivity index (χ0n) is 13.1. The Kier molecular flexibility index (Phi) is 8.57. The fourth-order valence-electron chi connectivity index (χ4n) is 2.02. The summed E-state index contributed by atoms with van der Waals surface area (Å²) in [7, 11) is 0. The van der Waals surface area contributed by atoms with Crippen LogP contribution >= 0.6 is 27.7 Å². The van der Waals surface area contributed by atoms with Gasteiger partial charge in [0.15, 0.2) is 5.78 Å². The first-order valence-electron chi connectivity index (χ1n) is 7.43. The van der Waals surface area contributed by atoms with E-state index in [9.17, 15) is 18.0 Å². The molecule has 24 heavy (non-hydrogen) atoms. The first kappa shape index (κ1) is 20.8. The minimum atomic E-state index is -4.47. The summed E-state index contributed by atoms with van der Waals surface area (Å²) in [6.07, 6.45) is 1.60. The number of carbonyl (C=O) groups is 1. The Hall–Kier alpha value is -1.26. The van der Waals surface area contributed by atoms with Crippen LogP contribution in [-0.4, -0.2) is 11.3 Å². The minimum absolute atomic E-state index is 0.0519. The molecule has 0 aliphatic rings. The number of hydrogen-bond acceptors (Lipinski definition) is 3. The third-order valence-electron chi connectivity index (χ3n) is 3.24. The monoisotopic (exact) mass is 419 g/mol.